The fourth-order valence-corrected chi connectivity index (χ4v) is 10.9. The number of nitrogens with zero attached hydrogens (tertiary/aromatic N) is 7. The molecule has 0 aromatic heterocycles. The van der Waals surface area contributed by atoms with E-state index in [9.17, 15) is 53.4 Å². The third kappa shape index (κ3) is 22.7. The van der Waals surface area contributed by atoms with Gasteiger partial charge in [0.05, 0.1) is 18.2 Å². The van der Waals surface area contributed by atoms with E-state index in [4.69, 9.17) is 0 Å². The second kappa shape index (κ2) is 35.1. The van der Waals surface area contributed by atoms with E-state index < -0.39 is 161 Å². The Kier molecular flexibility index (Phi) is 31.8. The van der Waals surface area contributed by atoms with Crippen LogP contribution in [0, 0.1) is 35.5 Å². The molecule has 1 aliphatic heterocycles. The Balaban J connectivity index is 4.39. The first-order valence-electron chi connectivity index (χ1n) is 31.1. The van der Waals surface area contributed by atoms with Crippen LogP contribution >= 0.6 is 0 Å². The number of hydrogen-bond donors (Lipinski definition) is 6. The van der Waals surface area contributed by atoms with Crippen molar-refractivity contribution in [3.63, 3.8) is 0 Å². The highest BCUT2D eigenvalue weighted by Crippen LogP contribution is 2.26. The number of aliphatic hydroxyl groups is 2. The summed E-state index contributed by atoms with van der Waals surface area (Å²) < 4.78 is 0. The minimum atomic E-state index is -1.64. The molecule has 12 atom stereocenters. The maximum Gasteiger partial charge on any atom is 0.246 e. The molecule has 0 spiro atoms. The number of hydrogen-bond acceptors (Lipinski definition) is 13. The van der Waals surface area contributed by atoms with Crippen LogP contribution in [0.1, 0.15) is 163 Å². The Morgan fingerprint density at radius 2 is 0.966 bits per heavy atom. The molecule has 0 aliphatic carbocycles. The van der Waals surface area contributed by atoms with Crippen LogP contribution in [0.25, 0.3) is 0 Å². The molecular formula is C63H113N11O13. The maximum absolute atomic E-state index is 15.2. The van der Waals surface area contributed by atoms with E-state index in [1.54, 1.807) is 60.6 Å². The summed E-state index contributed by atoms with van der Waals surface area (Å²) in [6.07, 6.45) is 2.84. The van der Waals surface area contributed by atoms with Crippen molar-refractivity contribution in [1.29, 1.82) is 0 Å². The second-order valence-electron chi connectivity index (χ2n) is 26.9. The van der Waals surface area contributed by atoms with Crippen LogP contribution in [0.4, 0.5) is 0 Å². The molecule has 87 heavy (non-hydrogen) atoms. The highest BCUT2D eigenvalue weighted by Gasteiger charge is 2.46. The van der Waals surface area contributed by atoms with Crippen molar-refractivity contribution in [3.05, 3.63) is 12.2 Å². The molecule has 0 saturated carbocycles. The SMILES string of the molecule is CC=CCC(C)C(O)C1C(=O)NC(CCC)C(=O)N(C)CC(=O)N(C)C(CC(C)(C)O)C(=O)NC(C(C)C)C(=O)N(C)C(CC(C)C)C(=O)NC(C)C(=O)NC(C)C(=O)N(C)C(CC(C)C)C(=O)N(C)C(CC(C)C)C(=O)N(C)C(C(C)C)C(=O)N1C. The maximum atomic E-state index is 15.2. The molecule has 12 unspecified atom stereocenters. The lowest BCUT2D eigenvalue weighted by molar-refractivity contribution is -0.157. The van der Waals surface area contributed by atoms with Crippen molar-refractivity contribution in [2.45, 2.75) is 235 Å². The van der Waals surface area contributed by atoms with E-state index in [1.165, 1.54) is 96.6 Å². The molecule has 0 aromatic rings. The smallest absolute Gasteiger partial charge is 0.246 e. The van der Waals surface area contributed by atoms with E-state index in [0.29, 0.717) is 12.8 Å². The van der Waals surface area contributed by atoms with E-state index >= 15 is 9.59 Å². The molecule has 1 fully saturated rings. The monoisotopic (exact) mass is 1230 g/mol. The molecule has 498 valence electrons. The van der Waals surface area contributed by atoms with Gasteiger partial charge in [-0.05, 0) is 102 Å². The predicted molar refractivity (Wildman–Crippen MR) is 335 cm³/mol. The number of carbonyl (C=O) groups excluding carboxylic acids is 11. The van der Waals surface area contributed by atoms with Crippen molar-refractivity contribution in [2.24, 2.45) is 35.5 Å². The van der Waals surface area contributed by atoms with Gasteiger partial charge < -0.3 is 65.8 Å². The van der Waals surface area contributed by atoms with Crippen molar-refractivity contribution >= 4 is 65.0 Å². The van der Waals surface area contributed by atoms with Gasteiger partial charge in [-0.3, -0.25) is 52.7 Å². The summed E-state index contributed by atoms with van der Waals surface area (Å²) in [5.41, 5.74) is -1.55. The van der Waals surface area contributed by atoms with Gasteiger partial charge in [-0.2, -0.15) is 0 Å². The molecule has 0 aromatic carbocycles. The van der Waals surface area contributed by atoms with Crippen molar-refractivity contribution in [2.75, 3.05) is 55.9 Å². The lowest BCUT2D eigenvalue weighted by atomic mass is 9.91. The summed E-state index contributed by atoms with van der Waals surface area (Å²) in [5, 5.41) is 34.1. The summed E-state index contributed by atoms with van der Waals surface area (Å²) in [6, 6.07) is -12.9. The van der Waals surface area contributed by atoms with Gasteiger partial charge in [0.15, 0.2) is 0 Å². The fraction of sp³-hybridized carbons (Fsp3) is 0.794. The van der Waals surface area contributed by atoms with E-state index in [0.717, 1.165) is 14.7 Å². The predicted octanol–water partition coefficient (Wildman–Crippen LogP) is 2.77. The third-order valence-corrected chi connectivity index (χ3v) is 16.2. The Labute approximate surface area is 520 Å². The number of rotatable bonds is 16. The van der Waals surface area contributed by atoms with E-state index in [-0.39, 0.29) is 49.9 Å². The highest BCUT2D eigenvalue weighted by molar-refractivity contribution is 5.99. The number of allylic oxidation sites excluding steroid dienone is 2. The molecule has 24 nitrogen and oxygen atoms in total. The second-order valence-corrected chi connectivity index (χ2v) is 26.9. The number of nitrogens with one attached hydrogen (secondary N) is 4. The normalized spacial score (nSPS) is 26.7. The quantitative estimate of drug-likeness (QED) is 0.121. The van der Waals surface area contributed by atoms with Gasteiger partial charge in [0, 0.05) is 55.8 Å². The van der Waals surface area contributed by atoms with Crippen molar-refractivity contribution in [1.82, 2.24) is 55.6 Å². The number of aliphatic hydroxyl groups excluding tert-OH is 1. The summed E-state index contributed by atoms with van der Waals surface area (Å²) in [4.78, 5) is 169. The minimum Gasteiger partial charge on any atom is -0.390 e. The van der Waals surface area contributed by atoms with Crippen LogP contribution in [0.15, 0.2) is 12.2 Å². The Morgan fingerprint density at radius 1 is 0.517 bits per heavy atom. The zero-order valence-corrected chi connectivity index (χ0v) is 57.1. The van der Waals surface area contributed by atoms with Gasteiger partial charge in [-0.15, -0.1) is 0 Å². The van der Waals surface area contributed by atoms with Gasteiger partial charge >= 0.3 is 0 Å². The molecule has 1 aliphatic rings. The van der Waals surface area contributed by atoms with Crippen LogP contribution in [0.3, 0.4) is 0 Å². The average molecular weight is 1230 g/mol. The number of carbonyl (C=O) groups is 11. The van der Waals surface area contributed by atoms with Crippen LogP contribution in [0.5, 0.6) is 0 Å². The average Bonchev–Trinajstić information content (AvgIpc) is 2.66. The summed E-state index contributed by atoms with van der Waals surface area (Å²) in [7, 11) is 9.71. The molecule has 6 N–H and O–H groups in total. The molecule has 1 rings (SSSR count). The van der Waals surface area contributed by atoms with Crippen molar-refractivity contribution < 1.29 is 63.0 Å². The summed E-state index contributed by atoms with van der Waals surface area (Å²) in [6.45, 7) is 28.3. The van der Waals surface area contributed by atoms with E-state index in [2.05, 4.69) is 21.3 Å². The summed E-state index contributed by atoms with van der Waals surface area (Å²) in [5.74, 6) is -10.2. The first kappa shape index (κ1) is 78.8. The molecule has 1 saturated heterocycles. The standard InChI is InChI=1S/C63H113N11O13/c1-25-27-29-40(13)52(76)51-56(80)66-43(28-26-2)58(82)68(18)34-48(75)69(19)47(33-63(16,17)87)55(79)67-49(38(9)10)61(85)70(20)44(30-35(3)4)54(78)64-41(14)53(77)65-42(15)57(81)71(21)45(31-36(5)6)59(83)72(22)46(32-37(7)8)60(84)73(23)50(39(11)12)62(86)74(51)24/h25,27,35-47,49-52,76,87H,26,28-34H2,1-24H3,(H,64,78)(H,65,77)(H,66,80)(H,67,79). The Bertz CT molecular complexity index is 2390. The topological polar surface area (TPSA) is 299 Å². The molecule has 0 bridgehead atoms. The largest absolute Gasteiger partial charge is 0.390 e. The van der Waals surface area contributed by atoms with Gasteiger partial charge in [-0.1, -0.05) is 102 Å². The highest BCUT2D eigenvalue weighted by atomic mass is 16.3. The number of amides is 11. The van der Waals surface area contributed by atoms with Crippen LogP contribution < -0.4 is 21.3 Å². The first-order chi connectivity index (χ1) is 40.0. The zero-order valence-electron chi connectivity index (χ0n) is 57.1. The van der Waals surface area contributed by atoms with Crippen LogP contribution in [-0.2, 0) is 52.7 Å². The van der Waals surface area contributed by atoms with Crippen molar-refractivity contribution in [3.8, 4) is 0 Å². The van der Waals surface area contributed by atoms with Gasteiger partial charge in [-0.25, -0.2) is 0 Å². The van der Waals surface area contributed by atoms with E-state index in [1.807, 2.05) is 41.5 Å². The zero-order chi connectivity index (χ0) is 67.6. The third-order valence-electron chi connectivity index (χ3n) is 16.2. The molecule has 1 heterocycles. The molecule has 11 amide bonds. The van der Waals surface area contributed by atoms with Gasteiger partial charge in [0.25, 0.3) is 0 Å². The Morgan fingerprint density at radius 3 is 1.43 bits per heavy atom. The lowest BCUT2D eigenvalue weighted by Crippen LogP contribution is -2.63. The number of likely N-dealkylation sites (N-methyl/N-ethyl adjacent to an activating group) is 7. The molecule has 0 radical (unpaired) electrons. The fourth-order valence-electron chi connectivity index (χ4n) is 10.9. The van der Waals surface area contributed by atoms with Gasteiger partial charge in [0.1, 0.15) is 60.4 Å². The Hall–Kier alpha value is -6.17. The lowest BCUT2D eigenvalue weighted by Gasteiger charge is -2.41. The summed E-state index contributed by atoms with van der Waals surface area (Å²) >= 11 is 0. The first-order valence-corrected chi connectivity index (χ1v) is 31.1. The molecule has 24 heteroatoms. The van der Waals surface area contributed by atoms with Crippen LogP contribution in [0.2, 0.25) is 0 Å². The molecular weight excluding hydrogens is 1120 g/mol. The minimum absolute atomic E-state index is 0.0560. The van der Waals surface area contributed by atoms with Crippen LogP contribution in [-0.4, -0.2) is 237 Å². The van der Waals surface area contributed by atoms with Gasteiger partial charge in [0.2, 0.25) is 65.0 Å².